The maximum atomic E-state index is 13.7. The predicted octanol–water partition coefficient (Wildman–Crippen LogP) is 5.31. The van der Waals surface area contributed by atoms with E-state index in [0.29, 0.717) is 5.95 Å². The molecule has 0 atom stereocenters. The van der Waals surface area contributed by atoms with E-state index in [0.717, 1.165) is 15.7 Å². The van der Waals surface area contributed by atoms with E-state index >= 15 is 0 Å². The van der Waals surface area contributed by atoms with Crippen molar-refractivity contribution in [3.63, 3.8) is 0 Å². The van der Waals surface area contributed by atoms with E-state index in [1.54, 1.807) is 0 Å². The first-order chi connectivity index (χ1) is 11.5. The van der Waals surface area contributed by atoms with Crippen molar-refractivity contribution in [2.75, 3.05) is 10.6 Å². The van der Waals surface area contributed by atoms with Crippen LogP contribution in [0.3, 0.4) is 0 Å². The standard InChI is InChI=1S/C17H13BrF2N4/c1-10-9-11(5-6-12(10)18)22-17-21-8-7-15(24-17)23-16-13(19)3-2-4-14(16)20/h2-9H,1H3,(H2,21,22,23,24). The van der Waals surface area contributed by atoms with Gasteiger partial charge in [0, 0.05) is 16.4 Å². The number of aromatic nitrogens is 2. The lowest BCUT2D eigenvalue weighted by molar-refractivity contribution is 0.590. The molecule has 0 radical (unpaired) electrons. The molecular weight excluding hydrogens is 378 g/mol. The molecule has 0 bridgehead atoms. The monoisotopic (exact) mass is 390 g/mol. The Kier molecular flexibility index (Phi) is 4.71. The second-order valence-electron chi connectivity index (χ2n) is 5.08. The van der Waals surface area contributed by atoms with E-state index in [2.05, 4.69) is 36.5 Å². The summed E-state index contributed by atoms with van der Waals surface area (Å²) in [4.78, 5) is 8.33. The number of hydrogen-bond acceptors (Lipinski definition) is 4. The number of rotatable bonds is 4. The van der Waals surface area contributed by atoms with Crippen LogP contribution in [-0.2, 0) is 0 Å². The smallest absolute Gasteiger partial charge is 0.229 e. The topological polar surface area (TPSA) is 49.8 Å². The van der Waals surface area contributed by atoms with Gasteiger partial charge in [-0.25, -0.2) is 13.8 Å². The number of nitrogens with zero attached hydrogens (tertiary/aromatic N) is 2. The number of hydrogen-bond donors (Lipinski definition) is 2. The molecule has 2 aromatic carbocycles. The Bertz CT molecular complexity index is 866. The van der Waals surface area contributed by atoms with Gasteiger partial charge in [-0.1, -0.05) is 22.0 Å². The van der Waals surface area contributed by atoms with E-state index in [4.69, 9.17) is 0 Å². The highest BCUT2D eigenvalue weighted by Gasteiger charge is 2.09. The number of benzene rings is 2. The average molecular weight is 391 g/mol. The summed E-state index contributed by atoms with van der Waals surface area (Å²) >= 11 is 3.44. The quantitative estimate of drug-likeness (QED) is 0.633. The molecule has 2 N–H and O–H groups in total. The molecule has 0 saturated heterocycles. The first-order valence-corrected chi connectivity index (χ1v) is 7.89. The number of para-hydroxylation sites is 1. The van der Waals surface area contributed by atoms with Crippen molar-refractivity contribution in [3.8, 4) is 0 Å². The molecule has 0 aliphatic rings. The molecule has 1 heterocycles. The van der Waals surface area contributed by atoms with Gasteiger partial charge in [-0.15, -0.1) is 0 Å². The minimum absolute atomic E-state index is 0.248. The summed E-state index contributed by atoms with van der Waals surface area (Å²) in [6.07, 6.45) is 1.50. The largest absolute Gasteiger partial charge is 0.335 e. The lowest BCUT2D eigenvalue weighted by Crippen LogP contribution is -2.03. The maximum absolute atomic E-state index is 13.7. The molecule has 7 heteroatoms. The van der Waals surface area contributed by atoms with Crippen LogP contribution in [0.2, 0.25) is 0 Å². The zero-order valence-electron chi connectivity index (χ0n) is 12.6. The number of nitrogens with one attached hydrogen (secondary N) is 2. The Hall–Kier alpha value is -2.54. The Labute approximate surface area is 146 Å². The lowest BCUT2D eigenvalue weighted by atomic mass is 10.2. The third-order valence-corrected chi connectivity index (χ3v) is 4.18. The fourth-order valence-corrected chi connectivity index (χ4v) is 2.33. The van der Waals surface area contributed by atoms with Gasteiger partial charge in [-0.2, -0.15) is 4.98 Å². The van der Waals surface area contributed by atoms with Gasteiger partial charge in [0.15, 0.2) is 0 Å². The summed E-state index contributed by atoms with van der Waals surface area (Å²) in [6, 6.07) is 10.9. The molecule has 0 spiro atoms. The minimum atomic E-state index is -0.688. The third-order valence-electron chi connectivity index (χ3n) is 3.29. The van der Waals surface area contributed by atoms with Crippen LogP contribution in [-0.4, -0.2) is 9.97 Å². The van der Waals surface area contributed by atoms with Crippen LogP contribution in [0.15, 0.2) is 53.1 Å². The van der Waals surface area contributed by atoms with Gasteiger partial charge in [0.1, 0.15) is 23.1 Å². The van der Waals surface area contributed by atoms with Crippen molar-refractivity contribution in [1.82, 2.24) is 9.97 Å². The zero-order valence-corrected chi connectivity index (χ0v) is 14.2. The van der Waals surface area contributed by atoms with Crippen LogP contribution in [0.25, 0.3) is 0 Å². The van der Waals surface area contributed by atoms with Gasteiger partial charge < -0.3 is 10.6 Å². The molecule has 0 fully saturated rings. The Morgan fingerprint density at radius 3 is 2.46 bits per heavy atom. The van der Waals surface area contributed by atoms with Crippen LogP contribution in [0.4, 0.5) is 31.9 Å². The highest BCUT2D eigenvalue weighted by molar-refractivity contribution is 9.10. The minimum Gasteiger partial charge on any atom is -0.335 e. The van der Waals surface area contributed by atoms with Crippen molar-refractivity contribution >= 4 is 39.1 Å². The molecule has 1 aromatic heterocycles. The van der Waals surface area contributed by atoms with E-state index in [-0.39, 0.29) is 11.5 Å². The van der Waals surface area contributed by atoms with E-state index < -0.39 is 11.6 Å². The van der Waals surface area contributed by atoms with Crippen molar-refractivity contribution in [3.05, 3.63) is 70.3 Å². The summed E-state index contributed by atoms with van der Waals surface area (Å²) in [5.41, 5.74) is 1.62. The summed E-state index contributed by atoms with van der Waals surface area (Å²) in [5.74, 6) is -0.776. The fourth-order valence-electron chi connectivity index (χ4n) is 2.09. The number of aryl methyl sites for hydroxylation is 1. The highest BCUT2D eigenvalue weighted by Crippen LogP contribution is 2.24. The van der Waals surface area contributed by atoms with Crippen molar-refractivity contribution < 1.29 is 8.78 Å². The van der Waals surface area contributed by atoms with Crippen molar-refractivity contribution in [2.24, 2.45) is 0 Å². The lowest BCUT2D eigenvalue weighted by Gasteiger charge is -2.10. The van der Waals surface area contributed by atoms with Gasteiger partial charge >= 0.3 is 0 Å². The summed E-state index contributed by atoms with van der Waals surface area (Å²) in [6.45, 7) is 1.97. The molecule has 0 aliphatic carbocycles. The Morgan fingerprint density at radius 1 is 1.00 bits per heavy atom. The molecule has 24 heavy (non-hydrogen) atoms. The molecule has 0 saturated carbocycles. The molecule has 0 amide bonds. The second-order valence-corrected chi connectivity index (χ2v) is 5.93. The van der Waals surface area contributed by atoms with Crippen LogP contribution in [0.5, 0.6) is 0 Å². The Morgan fingerprint density at radius 2 is 1.75 bits per heavy atom. The van der Waals surface area contributed by atoms with E-state index in [9.17, 15) is 8.78 Å². The van der Waals surface area contributed by atoms with Gasteiger partial charge in [0.05, 0.1) is 0 Å². The Balaban J connectivity index is 1.82. The first-order valence-electron chi connectivity index (χ1n) is 7.10. The summed E-state index contributed by atoms with van der Waals surface area (Å²) in [5, 5.41) is 5.70. The second kappa shape index (κ2) is 6.92. The third kappa shape index (κ3) is 3.68. The predicted molar refractivity (Wildman–Crippen MR) is 93.8 cm³/mol. The van der Waals surface area contributed by atoms with Crippen molar-refractivity contribution in [2.45, 2.75) is 6.92 Å². The van der Waals surface area contributed by atoms with Crippen LogP contribution < -0.4 is 10.6 Å². The zero-order chi connectivity index (χ0) is 17.1. The van der Waals surface area contributed by atoms with Crippen molar-refractivity contribution in [1.29, 1.82) is 0 Å². The molecular formula is C17H13BrF2N4. The van der Waals surface area contributed by atoms with Crippen LogP contribution in [0.1, 0.15) is 5.56 Å². The molecule has 122 valence electrons. The first kappa shape index (κ1) is 16.3. The van der Waals surface area contributed by atoms with Crippen LogP contribution >= 0.6 is 15.9 Å². The molecule has 3 rings (SSSR count). The fraction of sp³-hybridized carbons (Fsp3) is 0.0588. The number of halogens is 3. The van der Waals surface area contributed by atoms with Crippen LogP contribution in [0, 0.1) is 18.6 Å². The summed E-state index contributed by atoms with van der Waals surface area (Å²) in [7, 11) is 0. The molecule has 3 aromatic rings. The molecule has 0 aliphatic heterocycles. The van der Waals surface area contributed by atoms with Gasteiger partial charge in [-0.3, -0.25) is 0 Å². The molecule has 4 nitrogen and oxygen atoms in total. The SMILES string of the molecule is Cc1cc(Nc2nccc(Nc3c(F)cccc3F)n2)ccc1Br. The number of anilines is 4. The molecule has 0 unspecified atom stereocenters. The normalized spacial score (nSPS) is 10.5. The van der Waals surface area contributed by atoms with Gasteiger partial charge in [0.25, 0.3) is 0 Å². The highest BCUT2D eigenvalue weighted by atomic mass is 79.9. The van der Waals surface area contributed by atoms with E-state index in [1.807, 2.05) is 25.1 Å². The van der Waals surface area contributed by atoms with E-state index in [1.165, 1.54) is 30.5 Å². The average Bonchev–Trinajstić information content (AvgIpc) is 2.55. The summed E-state index contributed by atoms with van der Waals surface area (Å²) < 4.78 is 28.4. The maximum Gasteiger partial charge on any atom is 0.229 e. The van der Waals surface area contributed by atoms with Gasteiger partial charge in [-0.05, 0) is 48.9 Å². The van der Waals surface area contributed by atoms with Gasteiger partial charge in [0.2, 0.25) is 5.95 Å².